The molecule has 4 saturated carbocycles. The van der Waals surface area contributed by atoms with Crippen molar-refractivity contribution in [3.63, 3.8) is 0 Å². The number of ether oxygens (including phenoxy) is 12. The monoisotopic (exact) mass is 1410 g/mol. The number of allylic oxidation sites excluding steroid dienone is 2. The fourth-order valence-electron chi connectivity index (χ4n) is 18.7. The Labute approximate surface area is 572 Å². The van der Waals surface area contributed by atoms with Crippen molar-refractivity contribution in [2.75, 3.05) is 20.3 Å². The molecule has 0 spiro atoms. The van der Waals surface area contributed by atoms with Gasteiger partial charge in [0.05, 0.1) is 50.2 Å². The van der Waals surface area contributed by atoms with Crippen molar-refractivity contribution >= 4 is 30.3 Å². The number of benzene rings is 1. The molecule has 34 atom stereocenters. The van der Waals surface area contributed by atoms with Crippen LogP contribution in [0.2, 0.25) is 0 Å². The largest absolute Gasteiger partial charge is 0.497 e. The van der Waals surface area contributed by atoms with E-state index in [-0.39, 0.29) is 30.6 Å². The molecule has 0 bridgehead atoms. The smallest absolute Gasteiger partial charge is 0.335 e. The van der Waals surface area contributed by atoms with Gasteiger partial charge in [-0.1, -0.05) is 65.3 Å². The second-order valence-electron chi connectivity index (χ2n) is 30.9. The van der Waals surface area contributed by atoms with E-state index in [9.17, 15) is 85.9 Å². The summed E-state index contributed by atoms with van der Waals surface area (Å²) in [6.07, 6.45) is -37.0. The molecule has 5 heterocycles. The number of carboxylic acids is 1. The van der Waals surface area contributed by atoms with Crippen LogP contribution in [-0.2, 0) is 71.3 Å². The molecule has 5 saturated heterocycles. The highest BCUT2D eigenvalue weighted by molar-refractivity contribution is 5.87. The van der Waals surface area contributed by atoms with Gasteiger partial charge in [0.15, 0.2) is 43.5 Å². The Morgan fingerprint density at radius 2 is 1.24 bits per heavy atom. The van der Waals surface area contributed by atoms with Crippen LogP contribution in [0.5, 0.6) is 5.75 Å². The summed E-state index contributed by atoms with van der Waals surface area (Å²) < 4.78 is 72.1. The van der Waals surface area contributed by atoms with Crippen molar-refractivity contribution in [2.45, 2.75) is 273 Å². The molecular weight excluding hydrogens is 1310 g/mol. The Hall–Kier alpha value is -4.30. The maximum absolute atomic E-state index is 15.8. The molecule has 0 radical (unpaired) electrons. The summed E-state index contributed by atoms with van der Waals surface area (Å²) in [5.74, 6) is -4.21. The average Bonchev–Trinajstić information content (AvgIpc) is 0.671. The molecule has 10 aliphatic rings. The van der Waals surface area contributed by atoms with Gasteiger partial charge in [-0.25, -0.2) is 9.59 Å². The van der Waals surface area contributed by atoms with E-state index in [2.05, 4.69) is 40.7 Å². The Bertz CT molecular complexity index is 3110. The molecule has 0 amide bonds. The maximum atomic E-state index is 15.8. The minimum absolute atomic E-state index is 0.0687. The first-order valence-electron chi connectivity index (χ1n) is 34.3. The zero-order chi connectivity index (χ0) is 72.1. The van der Waals surface area contributed by atoms with Gasteiger partial charge < -0.3 is 133 Å². The third-order valence-corrected chi connectivity index (χ3v) is 24.8. The van der Waals surface area contributed by atoms with Crippen LogP contribution >= 0.6 is 0 Å². The van der Waals surface area contributed by atoms with Crippen molar-refractivity contribution in [1.82, 2.24) is 0 Å². The summed E-state index contributed by atoms with van der Waals surface area (Å²) in [6, 6.07) is 6.81. The fraction of sp³-hybridized carbons (Fsp3) is 0.797. The highest BCUT2D eigenvalue weighted by atomic mass is 16.8. The number of aliphatic hydroxyl groups is 13. The van der Waals surface area contributed by atoms with Gasteiger partial charge in [0.1, 0.15) is 103 Å². The SMILES string of the molecule is COc1ccc(C=CC(=O)OC2C(C)OC(OC(=O)C34CCC(C)(C)CC3C3=CCC5C6(C)CCC(OC7OC(C(=O)O)C(O)C(OC8OCC(O)C(O)C8O)C7OC7OC(CO)C(O)C(O)C7O)C(C)(C=O)C6CCC5(C)C3(C)CC4O)C(OC3OC(C)C(O)C(O)C3O)C2O)cc1. The van der Waals surface area contributed by atoms with E-state index in [0.717, 1.165) is 17.9 Å². The number of aldehydes is 1. The van der Waals surface area contributed by atoms with E-state index in [1.54, 1.807) is 31.2 Å². The van der Waals surface area contributed by atoms with Gasteiger partial charge in [-0.05, 0) is 135 Å². The first-order chi connectivity index (χ1) is 46.5. The van der Waals surface area contributed by atoms with Gasteiger partial charge in [0.25, 0.3) is 0 Å². The van der Waals surface area contributed by atoms with E-state index in [4.69, 9.17) is 56.8 Å². The van der Waals surface area contributed by atoms with E-state index < -0.39 is 230 Å². The van der Waals surface area contributed by atoms with Crippen molar-refractivity contribution < 1.29 is 148 Å². The second-order valence-corrected chi connectivity index (χ2v) is 30.9. The maximum Gasteiger partial charge on any atom is 0.335 e. The van der Waals surface area contributed by atoms with Crippen LogP contribution in [0.3, 0.4) is 0 Å². The molecular formula is C69H100O30. The van der Waals surface area contributed by atoms with Crippen LogP contribution in [0.1, 0.15) is 119 Å². The van der Waals surface area contributed by atoms with Crippen LogP contribution in [0.25, 0.3) is 6.08 Å². The molecule has 11 rings (SSSR count). The van der Waals surface area contributed by atoms with E-state index in [1.807, 2.05) is 0 Å². The predicted molar refractivity (Wildman–Crippen MR) is 335 cm³/mol. The lowest BCUT2D eigenvalue weighted by atomic mass is 9.33. The molecule has 34 unspecified atom stereocenters. The van der Waals surface area contributed by atoms with E-state index in [1.165, 1.54) is 27.0 Å². The third-order valence-electron chi connectivity index (χ3n) is 24.8. The highest BCUT2D eigenvalue weighted by Gasteiger charge is 2.73. The molecule has 30 heteroatoms. The number of aliphatic carboxylic acids is 1. The summed E-state index contributed by atoms with van der Waals surface area (Å²) in [4.78, 5) is 56.5. The first kappa shape index (κ1) is 75.8. The number of aliphatic hydroxyl groups excluding tert-OH is 13. The quantitative estimate of drug-likeness (QED) is 0.0292. The molecule has 99 heavy (non-hydrogen) atoms. The van der Waals surface area contributed by atoms with Crippen molar-refractivity contribution in [3.05, 3.63) is 47.6 Å². The summed E-state index contributed by atoms with van der Waals surface area (Å²) in [6.45, 7) is 13.8. The molecule has 0 aromatic heterocycles. The topological polar surface area (TPSA) is 462 Å². The zero-order valence-corrected chi connectivity index (χ0v) is 56.9. The van der Waals surface area contributed by atoms with Crippen LogP contribution in [-0.4, -0.2) is 276 Å². The Balaban J connectivity index is 0.875. The first-order valence-corrected chi connectivity index (χ1v) is 34.3. The summed E-state index contributed by atoms with van der Waals surface area (Å²) in [5.41, 5.74) is -4.00. The Morgan fingerprint density at radius 1 is 0.606 bits per heavy atom. The Morgan fingerprint density at radius 3 is 1.90 bits per heavy atom. The number of hydrogen-bond acceptors (Lipinski definition) is 29. The number of fused-ring (bicyclic) bond motifs is 7. The molecule has 30 nitrogen and oxygen atoms in total. The van der Waals surface area contributed by atoms with E-state index >= 15 is 4.79 Å². The number of rotatable bonds is 17. The molecule has 5 aliphatic heterocycles. The lowest BCUT2D eigenvalue weighted by Gasteiger charge is -2.71. The van der Waals surface area contributed by atoms with Crippen molar-refractivity contribution in [2.24, 2.45) is 50.2 Å². The molecule has 1 aromatic rings. The average molecular weight is 1410 g/mol. The zero-order valence-electron chi connectivity index (χ0n) is 56.9. The van der Waals surface area contributed by atoms with Crippen LogP contribution in [0, 0.1) is 50.2 Å². The number of carbonyl (C=O) groups is 4. The highest BCUT2D eigenvalue weighted by Crippen LogP contribution is 2.76. The molecule has 5 aliphatic carbocycles. The van der Waals surface area contributed by atoms with E-state index in [0.29, 0.717) is 49.8 Å². The minimum atomic E-state index is -2.21. The van der Waals surface area contributed by atoms with Gasteiger partial charge in [-0.15, -0.1) is 0 Å². The fourth-order valence-corrected chi connectivity index (χ4v) is 18.7. The minimum Gasteiger partial charge on any atom is -0.497 e. The van der Waals surface area contributed by atoms with Crippen molar-refractivity contribution in [1.29, 1.82) is 0 Å². The van der Waals surface area contributed by atoms with Gasteiger partial charge in [-0.3, -0.25) is 4.79 Å². The summed E-state index contributed by atoms with van der Waals surface area (Å²) >= 11 is 0. The molecule has 14 N–H and O–H groups in total. The summed E-state index contributed by atoms with van der Waals surface area (Å²) in [7, 11) is 1.52. The lowest BCUT2D eigenvalue weighted by molar-refractivity contribution is -0.391. The molecule has 556 valence electrons. The number of carbonyl (C=O) groups excluding carboxylic acids is 3. The van der Waals surface area contributed by atoms with Gasteiger partial charge in [-0.2, -0.15) is 0 Å². The third kappa shape index (κ3) is 13.3. The number of methoxy groups -OCH3 is 1. The van der Waals surface area contributed by atoms with Crippen molar-refractivity contribution in [3.8, 4) is 5.75 Å². The normalized spacial score (nSPS) is 49.7. The second kappa shape index (κ2) is 28.6. The number of hydrogen-bond donors (Lipinski definition) is 14. The number of esters is 2. The standard InChI is InChI=1S/C69H100O30/c1-29-42(75)45(78)48(81)59(90-29)97-55-50(83)52(94-41(74)17-12-31-10-13-32(88-9)14-11-31)30(2)91-61(55)99-63(87)69-23-22-64(3,4)24-34(69)33-15-16-38-65(5)20-19-40(66(6,28-71)37(65)18-21-67(38,7)68(33,8)25-39(69)73)93-62-56(98-60-49(82)46(79)44(77)36(26-70)92-60)53(51(84)54(96-62)57(85)86)95-58-47(80)43(76)35(72)27-89-58/h10-15,17,28-30,34-40,42-56,58-62,70,72-73,75-84H,16,18-27H2,1-9H3,(H,85,86). The van der Waals surface area contributed by atoms with Gasteiger partial charge in [0, 0.05) is 6.08 Å². The Kier molecular flexibility index (Phi) is 21.9. The van der Waals surface area contributed by atoms with Crippen LogP contribution < -0.4 is 4.74 Å². The van der Waals surface area contributed by atoms with Crippen LogP contribution in [0.15, 0.2) is 42.0 Å². The number of carboxylic acid groups (broad SMARTS) is 1. The summed E-state index contributed by atoms with van der Waals surface area (Å²) in [5, 5.41) is 155. The van der Waals surface area contributed by atoms with Gasteiger partial charge in [0.2, 0.25) is 6.29 Å². The predicted octanol–water partition coefficient (Wildman–Crippen LogP) is -1.00. The molecule has 1 aromatic carbocycles. The molecule has 9 fully saturated rings. The van der Waals surface area contributed by atoms with Gasteiger partial charge >= 0.3 is 17.9 Å². The lowest BCUT2D eigenvalue weighted by Crippen LogP contribution is -2.69. The van der Waals surface area contributed by atoms with Crippen LogP contribution in [0.4, 0.5) is 0 Å².